The largest absolute Gasteiger partial charge is 0.744 e. The number of hydrogen-bond donors (Lipinski definition) is 0. The molecule has 60 heavy (non-hydrogen) atoms. The maximum atomic E-state index is 16.1. The maximum absolute atomic E-state index is 16.1. The molecule has 0 radical (unpaired) electrons. The lowest BCUT2D eigenvalue weighted by Crippen LogP contribution is -2.12. The van der Waals surface area contributed by atoms with E-state index in [0.29, 0.717) is 28.7 Å². The maximum Gasteiger partial charge on any atom is 0.205 e. The van der Waals surface area contributed by atoms with Crippen molar-refractivity contribution in [2.24, 2.45) is 0 Å². The molecule has 0 N–H and O–H groups in total. The van der Waals surface area contributed by atoms with Gasteiger partial charge in [-0.1, -0.05) is 103 Å². The molecule has 8 aromatic carbocycles. The fraction of sp³-hybridized carbons (Fsp3) is 0.0588. The highest BCUT2D eigenvalue weighted by atomic mass is 32.2. The van der Waals surface area contributed by atoms with Gasteiger partial charge in [0.2, 0.25) is 17.4 Å². The fourth-order valence-corrected chi connectivity index (χ4v) is 9.94. The Morgan fingerprint density at radius 3 is 1.62 bits per heavy atom. The van der Waals surface area contributed by atoms with E-state index in [1.807, 2.05) is 97.1 Å². The summed E-state index contributed by atoms with van der Waals surface area (Å²) in [6, 6.07) is 33.8. The smallest absolute Gasteiger partial charge is 0.205 e. The number of rotatable bonds is 6. The Hall–Kier alpha value is -6.81. The molecule has 0 amide bonds. The highest BCUT2D eigenvalue weighted by Gasteiger charge is 2.32. The van der Waals surface area contributed by atoms with Gasteiger partial charge >= 0.3 is 0 Å². The van der Waals surface area contributed by atoms with E-state index < -0.39 is 44.0 Å². The number of ether oxygens (including phenoxy) is 1. The van der Waals surface area contributed by atoms with Crippen LogP contribution >= 0.6 is 0 Å². The van der Waals surface area contributed by atoms with Crippen molar-refractivity contribution >= 4 is 60.7 Å². The Labute approximate surface area is 341 Å². The minimum atomic E-state index is -5.97. The topological polar surface area (TPSA) is 66.4 Å². The molecule has 0 atom stereocenters. The fourth-order valence-electron chi connectivity index (χ4n) is 9.32. The Kier molecular flexibility index (Phi) is 8.08. The third kappa shape index (κ3) is 5.57. The Balaban J connectivity index is 1.27. The predicted molar refractivity (Wildman–Crippen MR) is 228 cm³/mol. The van der Waals surface area contributed by atoms with Crippen LogP contribution in [0.5, 0.6) is 11.5 Å². The molecular formula is C51H29F4O4S-. The number of benzene rings is 8. The van der Waals surface area contributed by atoms with Crippen LogP contribution in [-0.4, -0.2) is 13.0 Å². The molecule has 0 bridgehead atoms. The van der Waals surface area contributed by atoms with Crippen molar-refractivity contribution in [2.45, 2.75) is 24.2 Å². The van der Waals surface area contributed by atoms with Crippen LogP contribution in [0.15, 0.2) is 126 Å². The zero-order chi connectivity index (χ0) is 41.0. The zero-order valence-corrected chi connectivity index (χ0v) is 32.3. The Bertz CT molecular complexity index is 3430. The van der Waals surface area contributed by atoms with Crippen LogP contribution in [0.4, 0.5) is 17.6 Å². The van der Waals surface area contributed by atoms with Crippen molar-refractivity contribution in [3.8, 4) is 44.9 Å². The van der Waals surface area contributed by atoms with Gasteiger partial charge in [0, 0.05) is 11.1 Å². The summed E-state index contributed by atoms with van der Waals surface area (Å²) >= 11 is 0. The highest BCUT2D eigenvalue weighted by Crippen LogP contribution is 2.50. The van der Waals surface area contributed by atoms with Crippen LogP contribution in [-0.2, 0) is 29.4 Å². The molecule has 0 unspecified atom stereocenters. The van der Waals surface area contributed by atoms with Gasteiger partial charge < -0.3 is 9.29 Å². The molecule has 0 fully saturated rings. The van der Waals surface area contributed by atoms with Crippen LogP contribution in [0.1, 0.15) is 33.4 Å². The van der Waals surface area contributed by atoms with E-state index in [-0.39, 0.29) is 5.75 Å². The summed E-state index contributed by atoms with van der Waals surface area (Å²) in [5.41, 5.74) is 9.54. The lowest BCUT2D eigenvalue weighted by Gasteiger charge is -2.24. The van der Waals surface area contributed by atoms with Gasteiger partial charge in [0.25, 0.3) is 0 Å². The molecule has 11 rings (SSSR count). The standard InChI is InChI=1S/C51H30F4O4S/c52-45-47(54)51(60(56,57)58)48(55)46(53)50(45)59-49-40(37-23-33-16-4-9-28-10-5-17-34(24-37)43(28)33)25-36(35-21-31-14-2-7-27-8-3-15-32(22-35)42(27)31)26-41(49)38-20-19-30-12-1-11-29-13-6-18-39(38)44(29)30/h1-7,9,11-12,14-26H,8,10,13H2,(H,56,57,58)/p-1. The van der Waals surface area contributed by atoms with Crippen molar-refractivity contribution in [2.75, 3.05) is 0 Å². The summed E-state index contributed by atoms with van der Waals surface area (Å²) in [5.74, 6) is -10.8. The third-order valence-corrected chi connectivity index (χ3v) is 12.8. The number of allylic oxidation sites excluding steroid dienone is 3. The lowest BCUT2D eigenvalue weighted by molar-refractivity contribution is 0.346. The molecule has 0 heterocycles. The minimum absolute atomic E-state index is 0.146. The summed E-state index contributed by atoms with van der Waals surface area (Å²) in [5, 5.41) is 6.05. The molecule has 0 aromatic heterocycles. The first-order valence-corrected chi connectivity index (χ1v) is 20.8. The van der Waals surface area contributed by atoms with Gasteiger partial charge in [0.1, 0.15) is 20.8 Å². The monoisotopic (exact) mass is 813 g/mol. The minimum Gasteiger partial charge on any atom is -0.744 e. The van der Waals surface area contributed by atoms with Crippen molar-refractivity contribution in [1.29, 1.82) is 0 Å². The van der Waals surface area contributed by atoms with Gasteiger partial charge in [-0.05, 0) is 144 Å². The van der Waals surface area contributed by atoms with Gasteiger partial charge in [-0.25, -0.2) is 17.2 Å². The molecule has 0 saturated carbocycles. The van der Waals surface area contributed by atoms with E-state index >= 15 is 17.6 Å². The van der Waals surface area contributed by atoms with Gasteiger partial charge in [-0.15, -0.1) is 0 Å². The number of halogens is 4. The molecule has 3 aliphatic carbocycles. The molecule has 0 saturated heterocycles. The van der Waals surface area contributed by atoms with Gasteiger partial charge in [-0.2, -0.15) is 8.78 Å². The van der Waals surface area contributed by atoms with Crippen LogP contribution in [0.25, 0.3) is 83.9 Å². The van der Waals surface area contributed by atoms with Crippen LogP contribution in [0.2, 0.25) is 0 Å². The lowest BCUT2D eigenvalue weighted by atomic mass is 9.83. The Morgan fingerprint density at radius 1 is 0.483 bits per heavy atom. The number of hydrogen-bond acceptors (Lipinski definition) is 4. The van der Waals surface area contributed by atoms with Crippen molar-refractivity contribution in [1.82, 2.24) is 0 Å². The zero-order valence-electron chi connectivity index (χ0n) is 31.5. The SMILES string of the molecule is O=S(=O)([O-])c1c(F)c(F)c(Oc2c(-c3cc4c5c(cccc5c3)CC=C4)cc(-c3cc4c5c(cccc5c3)CC=C4)cc2-c2ccc3cccc4c3c2C=CC4)c(F)c1F. The van der Waals surface area contributed by atoms with E-state index in [1.54, 1.807) is 0 Å². The van der Waals surface area contributed by atoms with E-state index in [9.17, 15) is 13.0 Å². The van der Waals surface area contributed by atoms with Crippen molar-refractivity contribution in [3.05, 3.63) is 178 Å². The van der Waals surface area contributed by atoms with E-state index in [0.717, 1.165) is 84.1 Å². The summed E-state index contributed by atoms with van der Waals surface area (Å²) in [6.07, 6.45) is 14.5. The quantitative estimate of drug-likeness (QED) is 0.0953. The van der Waals surface area contributed by atoms with Crippen molar-refractivity contribution in [3.63, 3.8) is 0 Å². The van der Waals surface area contributed by atoms with Crippen LogP contribution in [0.3, 0.4) is 0 Å². The first kappa shape index (κ1) is 36.3. The second-order valence-electron chi connectivity index (χ2n) is 15.4. The van der Waals surface area contributed by atoms with Gasteiger partial charge in [0.15, 0.2) is 11.6 Å². The molecule has 4 nitrogen and oxygen atoms in total. The molecular weight excluding hydrogens is 785 g/mol. The molecule has 292 valence electrons. The van der Waals surface area contributed by atoms with E-state index in [1.165, 1.54) is 5.56 Å². The Morgan fingerprint density at radius 2 is 1.00 bits per heavy atom. The van der Waals surface area contributed by atoms with Crippen molar-refractivity contribution < 1.29 is 35.3 Å². The van der Waals surface area contributed by atoms with Gasteiger partial charge in [-0.3, -0.25) is 0 Å². The van der Waals surface area contributed by atoms with E-state index in [4.69, 9.17) is 4.74 Å². The van der Waals surface area contributed by atoms with Crippen LogP contribution < -0.4 is 4.74 Å². The third-order valence-electron chi connectivity index (χ3n) is 11.9. The predicted octanol–water partition coefficient (Wildman–Crippen LogP) is 13.1. The summed E-state index contributed by atoms with van der Waals surface area (Å²) in [4.78, 5) is -2.26. The van der Waals surface area contributed by atoms with E-state index in [2.05, 4.69) is 42.5 Å². The molecule has 0 spiro atoms. The average molecular weight is 814 g/mol. The highest BCUT2D eigenvalue weighted by molar-refractivity contribution is 7.85. The second kappa shape index (κ2) is 13.4. The second-order valence-corrected chi connectivity index (χ2v) is 16.7. The first-order valence-electron chi connectivity index (χ1n) is 19.4. The molecule has 9 heteroatoms. The molecule has 3 aliphatic rings. The first-order chi connectivity index (χ1) is 29.0. The summed E-state index contributed by atoms with van der Waals surface area (Å²) < 4.78 is 105. The molecule has 0 aliphatic heterocycles. The summed E-state index contributed by atoms with van der Waals surface area (Å²) in [7, 11) is -5.97. The average Bonchev–Trinajstić information content (AvgIpc) is 3.24. The normalized spacial score (nSPS) is 13.8. The van der Waals surface area contributed by atoms with Gasteiger partial charge in [0.05, 0.1) is 0 Å². The summed E-state index contributed by atoms with van der Waals surface area (Å²) in [6.45, 7) is 0. The van der Waals surface area contributed by atoms with Crippen LogP contribution in [0, 0.1) is 23.3 Å². The molecule has 8 aromatic rings.